The average molecular weight is 581 g/mol. The maximum absolute atomic E-state index is 13.2. The van der Waals surface area contributed by atoms with Gasteiger partial charge in [-0.05, 0) is 81.5 Å². The van der Waals surface area contributed by atoms with Crippen molar-refractivity contribution in [1.82, 2.24) is 5.32 Å². The number of benzene rings is 3. The molecule has 0 aliphatic carbocycles. The molecular formula is C38H52N4O. The SMILES string of the molecule is C=C(C)CCCC.C=C(NCCCC)c1ccc(N2CCN(c3ccccc3C)CC2)c(NC(=O)c2ccc(C)cc2)c1. The number of allylic oxidation sites excluding steroid dienone is 1. The summed E-state index contributed by atoms with van der Waals surface area (Å²) in [7, 11) is 0. The average Bonchev–Trinajstić information content (AvgIpc) is 3.01. The number of para-hydroxylation sites is 1. The Morgan fingerprint density at radius 3 is 1.98 bits per heavy atom. The van der Waals surface area contributed by atoms with E-state index in [2.05, 4.69) is 104 Å². The number of hydrogen-bond acceptors (Lipinski definition) is 4. The number of nitrogens with zero attached hydrogens (tertiary/aromatic N) is 2. The highest BCUT2D eigenvalue weighted by molar-refractivity contribution is 6.06. The van der Waals surface area contributed by atoms with E-state index in [9.17, 15) is 4.79 Å². The van der Waals surface area contributed by atoms with E-state index in [1.807, 2.05) is 31.2 Å². The first-order valence-corrected chi connectivity index (χ1v) is 15.9. The van der Waals surface area contributed by atoms with Crippen molar-refractivity contribution in [3.8, 4) is 0 Å². The largest absolute Gasteiger partial charge is 0.385 e. The molecule has 2 N–H and O–H groups in total. The smallest absolute Gasteiger partial charge is 0.255 e. The minimum Gasteiger partial charge on any atom is -0.385 e. The summed E-state index contributed by atoms with van der Waals surface area (Å²) in [6.07, 6.45) is 6.02. The van der Waals surface area contributed by atoms with Crippen molar-refractivity contribution < 1.29 is 4.79 Å². The van der Waals surface area contributed by atoms with Gasteiger partial charge in [0.1, 0.15) is 0 Å². The van der Waals surface area contributed by atoms with Crippen LogP contribution < -0.4 is 20.4 Å². The van der Waals surface area contributed by atoms with Gasteiger partial charge >= 0.3 is 0 Å². The zero-order valence-corrected chi connectivity index (χ0v) is 27.1. The molecule has 0 saturated carbocycles. The van der Waals surface area contributed by atoms with E-state index in [-0.39, 0.29) is 5.91 Å². The fourth-order valence-electron chi connectivity index (χ4n) is 5.10. The normalized spacial score (nSPS) is 12.7. The van der Waals surface area contributed by atoms with Gasteiger partial charge in [-0.3, -0.25) is 4.79 Å². The topological polar surface area (TPSA) is 47.6 Å². The van der Waals surface area contributed by atoms with Crippen LogP contribution in [-0.4, -0.2) is 38.6 Å². The molecule has 3 aromatic rings. The van der Waals surface area contributed by atoms with Crippen LogP contribution in [0.25, 0.3) is 5.70 Å². The summed E-state index contributed by atoms with van der Waals surface area (Å²) in [5.74, 6) is -0.100. The maximum Gasteiger partial charge on any atom is 0.255 e. The monoisotopic (exact) mass is 580 g/mol. The van der Waals surface area contributed by atoms with Crippen molar-refractivity contribution in [2.45, 2.75) is 66.7 Å². The van der Waals surface area contributed by atoms with Gasteiger partial charge in [-0.1, -0.05) is 80.8 Å². The lowest BCUT2D eigenvalue weighted by molar-refractivity contribution is 0.102. The highest BCUT2D eigenvalue weighted by Crippen LogP contribution is 2.31. The summed E-state index contributed by atoms with van der Waals surface area (Å²) in [4.78, 5) is 18.0. The molecule has 5 nitrogen and oxygen atoms in total. The first-order chi connectivity index (χ1) is 20.7. The van der Waals surface area contributed by atoms with Gasteiger partial charge in [-0.15, -0.1) is 6.58 Å². The predicted octanol–water partition coefficient (Wildman–Crippen LogP) is 9.00. The number of anilines is 3. The molecule has 0 unspecified atom stereocenters. The minimum atomic E-state index is -0.100. The van der Waals surface area contributed by atoms with Gasteiger partial charge in [-0.25, -0.2) is 0 Å². The van der Waals surface area contributed by atoms with E-state index in [0.717, 1.165) is 73.8 Å². The highest BCUT2D eigenvalue weighted by Gasteiger charge is 2.22. The van der Waals surface area contributed by atoms with Crippen LogP contribution in [0, 0.1) is 13.8 Å². The molecule has 0 atom stereocenters. The number of hydrogen-bond donors (Lipinski definition) is 2. The number of aryl methyl sites for hydroxylation is 2. The number of piperazine rings is 1. The van der Waals surface area contributed by atoms with Crippen LogP contribution in [0.1, 0.15) is 79.9 Å². The quantitative estimate of drug-likeness (QED) is 0.166. The Kier molecular flexibility index (Phi) is 13.4. The summed E-state index contributed by atoms with van der Waals surface area (Å²) >= 11 is 0. The van der Waals surface area contributed by atoms with E-state index < -0.39 is 0 Å². The molecular weight excluding hydrogens is 528 g/mol. The molecule has 1 saturated heterocycles. The lowest BCUT2D eigenvalue weighted by Gasteiger charge is -2.38. The van der Waals surface area contributed by atoms with Crippen LogP contribution in [0.4, 0.5) is 17.1 Å². The van der Waals surface area contributed by atoms with E-state index in [4.69, 9.17) is 0 Å². The first-order valence-electron chi connectivity index (χ1n) is 15.9. The second-order valence-electron chi connectivity index (χ2n) is 11.6. The lowest BCUT2D eigenvalue weighted by atomic mass is 10.1. The summed E-state index contributed by atoms with van der Waals surface area (Å²) in [6, 6.07) is 22.5. The van der Waals surface area contributed by atoms with Gasteiger partial charge in [0.15, 0.2) is 0 Å². The van der Waals surface area contributed by atoms with E-state index in [0.29, 0.717) is 5.56 Å². The van der Waals surface area contributed by atoms with Crippen LogP contribution >= 0.6 is 0 Å². The third kappa shape index (κ3) is 10.3. The summed E-state index contributed by atoms with van der Waals surface area (Å²) in [5, 5.41) is 6.61. The molecule has 1 amide bonds. The van der Waals surface area contributed by atoms with Gasteiger partial charge in [-0.2, -0.15) is 0 Å². The summed E-state index contributed by atoms with van der Waals surface area (Å²) in [6.45, 7) is 23.2. The van der Waals surface area contributed by atoms with Gasteiger partial charge in [0.05, 0.1) is 11.4 Å². The Bertz CT molecular complexity index is 1340. The standard InChI is InChI=1S/C31H38N4O.C7H14/c1-5-6-17-32-25(4)27-15-16-30(28(22-27)33-31(36)26-13-11-23(2)12-14-26)35-20-18-34(19-21-35)29-10-8-7-9-24(29)3;1-4-5-6-7(2)3/h7-16,22,32H,4-6,17-21H2,1-3H3,(H,33,36);2,4-6H2,1,3H3. The highest BCUT2D eigenvalue weighted by atomic mass is 16.1. The Morgan fingerprint density at radius 2 is 1.40 bits per heavy atom. The molecule has 3 aromatic carbocycles. The van der Waals surface area contributed by atoms with E-state index in [1.54, 1.807) is 0 Å². The number of rotatable bonds is 12. The third-order valence-electron chi connectivity index (χ3n) is 7.81. The maximum atomic E-state index is 13.2. The molecule has 1 fully saturated rings. The predicted molar refractivity (Wildman–Crippen MR) is 187 cm³/mol. The molecule has 0 aromatic heterocycles. The van der Waals surface area contributed by atoms with Gasteiger partial charge in [0.25, 0.3) is 5.91 Å². The third-order valence-corrected chi connectivity index (χ3v) is 7.81. The number of carbonyl (C=O) groups excluding carboxylic acids is 1. The molecule has 1 heterocycles. The fourth-order valence-corrected chi connectivity index (χ4v) is 5.10. The number of amides is 1. The zero-order chi connectivity index (χ0) is 31.2. The molecule has 1 aliphatic rings. The van der Waals surface area contributed by atoms with Crippen LogP contribution in [0.2, 0.25) is 0 Å². The van der Waals surface area contributed by atoms with Crippen molar-refractivity contribution >= 4 is 28.7 Å². The molecule has 0 bridgehead atoms. The zero-order valence-electron chi connectivity index (χ0n) is 27.1. The minimum absolute atomic E-state index is 0.100. The second-order valence-corrected chi connectivity index (χ2v) is 11.6. The van der Waals surface area contributed by atoms with Gasteiger partial charge in [0, 0.05) is 49.7 Å². The number of nitrogens with one attached hydrogen (secondary N) is 2. The molecule has 0 spiro atoms. The number of unbranched alkanes of at least 4 members (excludes halogenated alkanes) is 2. The summed E-state index contributed by atoms with van der Waals surface area (Å²) in [5.41, 5.74) is 9.44. The molecule has 1 aliphatic heterocycles. The number of carbonyl (C=O) groups is 1. The Labute approximate surface area is 260 Å². The molecule has 4 rings (SSSR count). The molecule has 5 heteroatoms. The fraction of sp³-hybridized carbons (Fsp3) is 0.395. The van der Waals surface area contributed by atoms with E-state index in [1.165, 1.54) is 36.1 Å². The second kappa shape index (κ2) is 17.2. The van der Waals surface area contributed by atoms with Crippen LogP contribution in [0.5, 0.6) is 0 Å². The molecule has 230 valence electrons. The van der Waals surface area contributed by atoms with Crippen LogP contribution in [0.15, 0.2) is 85.5 Å². The van der Waals surface area contributed by atoms with Crippen molar-refractivity contribution in [3.05, 3.63) is 108 Å². The van der Waals surface area contributed by atoms with Gasteiger partial charge in [0.2, 0.25) is 0 Å². The first kappa shape index (κ1) is 33.5. The van der Waals surface area contributed by atoms with Crippen molar-refractivity contribution in [1.29, 1.82) is 0 Å². The van der Waals surface area contributed by atoms with Crippen molar-refractivity contribution in [3.63, 3.8) is 0 Å². The molecule has 0 radical (unpaired) electrons. The van der Waals surface area contributed by atoms with Crippen molar-refractivity contribution in [2.75, 3.05) is 47.8 Å². The van der Waals surface area contributed by atoms with E-state index >= 15 is 0 Å². The van der Waals surface area contributed by atoms with Crippen LogP contribution in [0.3, 0.4) is 0 Å². The molecule has 43 heavy (non-hydrogen) atoms. The Morgan fingerprint density at radius 1 is 0.791 bits per heavy atom. The van der Waals surface area contributed by atoms with Gasteiger partial charge < -0.3 is 20.4 Å². The Balaban J connectivity index is 0.000000646. The lowest BCUT2D eigenvalue weighted by Crippen LogP contribution is -2.47. The van der Waals surface area contributed by atoms with Crippen LogP contribution in [-0.2, 0) is 0 Å². The van der Waals surface area contributed by atoms with Crippen molar-refractivity contribution in [2.24, 2.45) is 0 Å². The summed E-state index contributed by atoms with van der Waals surface area (Å²) < 4.78 is 0. The Hall–Kier alpha value is -3.99.